The molecule has 1 aliphatic rings. The number of aryl methyl sites for hydroxylation is 1. The number of amides is 1. The zero-order chi connectivity index (χ0) is 23.8. The van der Waals surface area contributed by atoms with E-state index in [0.717, 1.165) is 27.9 Å². The molecule has 9 heteroatoms. The predicted octanol–water partition coefficient (Wildman–Crippen LogP) is 3.71. The van der Waals surface area contributed by atoms with Crippen molar-refractivity contribution in [2.75, 3.05) is 0 Å². The number of fused-ring (bicyclic) bond motifs is 1. The third-order valence-corrected chi connectivity index (χ3v) is 6.01. The van der Waals surface area contributed by atoms with Crippen LogP contribution >= 0.6 is 0 Å². The van der Waals surface area contributed by atoms with Crippen molar-refractivity contribution in [3.63, 3.8) is 0 Å². The number of rotatable bonds is 5. The van der Waals surface area contributed by atoms with Crippen molar-refractivity contribution in [3.05, 3.63) is 87.2 Å². The summed E-state index contributed by atoms with van der Waals surface area (Å²) in [5.74, 6) is 0.506. The molecule has 0 spiro atoms. The molecule has 0 fully saturated rings. The highest BCUT2D eigenvalue weighted by Gasteiger charge is 2.23. The van der Waals surface area contributed by atoms with Crippen LogP contribution in [0.3, 0.4) is 0 Å². The number of nitrogens with one attached hydrogen (secondary N) is 1. The number of hydrogen-bond acceptors (Lipinski definition) is 6. The third-order valence-electron chi connectivity index (χ3n) is 6.01. The fraction of sp³-hybridized carbons (Fsp3) is 0.200. The minimum absolute atomic E-state index is 0.0121. The molecular weight excluding hydrogens is 432 g/mol. The molecule has 9 nitrogen and oxygen atoms in total. The summed E-state index contributed by atoms with van der Waals surface area (Å²) in [6.07, 6.45) is 2.04. The zero-order valence-electron chi connectivity index (χ0n) is 18.7. The summed E-state index contributed by atoms with van der Waals surface area (Å²) in [6, 6.07) is 17.4. The maximum Gasteiger partial charge on any atom is 0.279 e. The quantitative estimate of drug-likeness (QED) is 0.464. The number of hydrogen-bond donors (Lipinski definition) is 1. The fourth-order valence-electron chi connectivity index (χ4n) is 4.32. The van der Waals surface area contributed by atoms with Crippen molar-refractivity contribution in [2.24, 2.45) is 23.2 Å². The molecule has 0 radical (unpaired) electrons. The van der Waals surface area contributed by atoms with E-state index < -0.39 is 5.56 Å². The Morgan fingerprint density at radius 1 is 1.09 bits per heavy atom. The highest BCUT2D eigenvalue weighted by atomic mass is 16.3. The first-order chi connectivity index (χ1) is 16.4. The number of hydrazone groups is 1. The number of nitroso groups, excluding NO2 is 1. The fourth-order valence-corrected chi connectivity index (χ4v) is 4.32. The molecular formula is C25H22N6O3. The molecule has 1 aliphatic heterocycles. The van der Waals surface area contributed by atoms with Gasteiger partial charge in [0.05, 0.1) is 16.7 Å². The van der Waals surface area contributed by atoms with Gasteiger partial charge in [0.2, 0.25) is 5.91 Å². The Kier molecular flexibility index (Phi) is 5.37. The van der Waals surface area contributed by atoms with Crippen LogP contribution in [-0.4, -0.2) is 25.7 Å². The van der Waals surface area contributed by atoms with Crippen LogP contribution < -0.4 is 11.0 Å². The summed E-state index contributed by atoms with van der Waals surface area (Å²) in [7, 11) is 1.58. The lowest BCUT2D eigenvalue weighted by molar-refractivity contribution is -0.121. The maximum absolute atomic E-state index is 12.2. The van der Waals surface area contributed by atoms with Crippen LogP contribution in [0.4, 0.5) is 5.69 Å². The van der Waals surface area contributed by atoms with Crippen LogP contribution in [0.2, 0.25) is 0 Å². The molecule has 2 aromatic carbocycles. The monoisotopic (exact) mass is 454 g/mol. The molecule has 1 unspecified atom stereocenters. The average molecular weight is 454 g/mol. The lowest BCUT2D eigenvalue weighted by Crippen LogP contribution is -2.31. The SMILES string of the molecule is CC1CC(=O)NN=C1c1ccc2c(c1)nc(-c1cc(N=O)c(=O)n(C)c1)n2Cc1ccccc1. The van der Waals surface area contributed by atoms with Crippen LogP contribution in [0.1, 0.15) is 24.5 Å². The van der Waals surface area contributed by atoms with Crippen LogP contribution in [0.15, 0.2) is 75.9 Å². The topological polar surface area (TPSA) is 111 Å². The van der Waals surface area contributed by atoms with Gasteiger partial charge >= 0.3 is 0 Å². The van der Waals surface area contributed by atoms with Crippen molar-refractivity contribution in [2.45, 2.75) is 19.9 Å². The second kappa shape index (κ2) is 8.51. The summed E-state index contributed by atoms with van der Waals surface area (Å²) in [6.45, 7) is 2.52. The molecule has 0 bridgehead atoms. The van der Waals surface area contributed by atoms with Crippen LogP contribution in [-0.2, 0) is 18.4 Å². The van der Waals surface area contributed by atoms with E-state index in [1.807, 2.05) is 55.5 Å². The summed E-state index contributed by atoms with van der Waals surface area (Å²) >= 11 is 0. The average Bonchev–Trinajstić information content (AvgIpc) is 3.19. The van der Waals surface area contributed by atoms with Gasteiger partial charge in [-0.25, -0.2) is 10.4 Å². The second-order valence-electron chi connectivity index (χ2n) is 8.47. The Hall–Kier alpha value is -4.40. The van der Waals surface area contributed by atoms with Gasteiger partial charge in [-0.2, -0.15) is 5.10 Å². The first-order valence-corrected chi connectivity index (χ1v) is 10.9. The number of benzene rings is 2. The summed E-state index contributed by atoms with van der Waals surface area (Å²) in [5, 5.41) is 7.17. The van der Waals surface area contributed by atoms with E-state index in [0.29, 0.717) is 24.4 Å². The van der Waals surface area contributed by atoms with Crippen molar-refractivity contribution in [1.29, 1.82) is 0 Å². The molecule has 170 valence electrons. The minimum atomic E-state index is -0.460. The lowest BCUT2D eigenvalue weighted by atomic mass is 9.94. The van der Waals surface area contributed by atoms with Gasteiger partial charge in [0.15, 0.2) is 5.69 Å². The standard InChI is InChI=1S/C25H22N6O3/c1-15-10-22(32)27-28-23(15)17-8-9-21-19(11-17)26-24(31(21)13-16-6-4-3-5-7-16)18-12-20(29-34)25(33)30(2)14-18/h3-9,11-12,14-15H,10,13H2,1-2H3,(H,27,32). The molecule has 1 N–H and O–H groups in total. The first-order valence-electron chi connectivity index (χ1n) is 10.9. The van der Waals surface area contributed by atoms with Gasteiger partial charge in [-0.1, -0.05) is 43.3 Å². The van der Waals surface area contributed by atoms with Gasteiger partial charge in [0, 0.05) is 43.3 Å². The Balaban J connectivity index is 1.70. The lowest BCUT2D eigenvalue weighted by Gasteiger charge is -2.19. The third kappa shape index (κ3) is 3.81. The predicted molar refractivity (Wildman–Crippen MR) is 130 cm³/mol. The van der Waals surface area contributed by atoms with Crippen LogP contribution in [0, 0.1) is 10.8 Å². The number of carbonyl (C=O) groups is 1. The molecule has 3 heterocycles. The van der Waals surface area contributed by atoms with E-state index in [9.17, 15) is 14.5 Å². The van der Waals surface area contributed by atoms with E-state index in [2.05, 4.69) is 20.3 Å². The van der Waals surface area contributed by atoms with Gasteiger partial charge in [-0.05, 0) is 28.9 Å². The van der Waals surface area contributed by atoms with Gasteiger partial charge in [0.25, 0.3) is 5.56 Å². The Labute approximate surface area is 194 Å². The first kappa shape index (κ1) is 21.4. The molecule has 1 atom stereocenters. The largest absolute Gasteiger partial charge is 0.319 e. The summed E-state index contributed by atoms with van der Waals surface area (Å²) in [4.78, 5) is 40.0. The summed E-state index contributed by atoms with van der Waals surface area (Å²) in [5.41, 5.74) is 6.94. The maximum atomic E-state index is 12.2. The molecule has 0 saturated heterocycles. The summed E-state index contributed by atoms with van der Waals surface area (Å²) < 4.78 is 3.39. The molecule has 5 rings (SSSR count). The van der Waals surface area contributed by atoms with Crippen LogP contribution in [0.5, 0.6) is 0 Å². The molecule has 1 amide bonds. The smallest absolute Gasteiger partial charge is 0.279 e. The Morgan fingerprint density at radius 2 is 1.88 bits per heavy atom. The number of pyridine rings is 1. The van der Waals surface area contributed by atoms with Crippen molar-refractivity contribution >= 4 is 28.3 Å². The zero-order valence-corrected chi connectivity index (χ0v) is 18.7. The van der Waals surface area contributed by atoms with E-state index >= 15 is 0 Å². The highest BCUT2D eigenvalue weighted by molar-refractivity contribution is 6.07. The number of nitrogens with zero attached hydrogens (tertiary/aromatic N) is 5. The number of aromatic nitrogens is 3. The van der Waals surface area contributed by atoms with E-state index in [1.54, 1.807) is 13.2 Å². The van der Waals surface area contributed by atoms with Crippen molar-refractivity contribution in [3.8, 4) is 11.4 Å². The van der Waals surface area contributed by atoms with Gasteiger partial charge in [-0.15, -0.1) is 4.91 Å². The Morgan fingerprint density at radius 3 is 2.62 bits per heavy atom. The molecule has 34 heavy (non-hydrogen) atoms. The molecule has 0 saturated carbocycles. The second-order valence-corrected chi connectivity index (χ2v) is 8.47. The number of carbonyl (C=O) groups excluding carboxylic acids is 1. The minimum Gasteiger partial charge on any atom is -0.319 e. The number of imidazole rings is 1. The molecule has 0 aliphatic carbocycles. The van der Waals surface area contributed by atoms with E-state index in [4.69, 9.17) is 4.98 Å². The van der Waals surface area contributed by atoms with Gasteiger partial charge < -0.3 is 9.13 Å². The highest BCUT2D eigenvalue weighted by Crippen LogP contribution is 2.29. The van der Waals surface area contributed by atoms with Crippen molar-refractivity contribution < 1.29 is 4.79 Å². The van der Waals surface area contributed by atoms with Crippen molar-refractivity contribution in [1.82, 2.24) is 19.5 Å². The van der Waals surface area contributed by atoms with E-state index in [1.165, 1.54) is 10.6 Å². The molecule has 2 aromatic heterocycles. The van der Waals surface area contributed by atoms with Gasteiger partial charge in [0.1, 0.15) is 5.82 Å². The molecule has 4 aromatic rings. The normalized spacial score (nSPS) is 15.8. The van der Waals surface area contributed by atoms with Gasteiger partial charge in [-0.3, -0.25) is 9.59 Å². The van der Waals surface area contributed by atoms with E-state index in [-0.39, 0.29) is 17.5 Å². The Bertz CT molecular complexity index is 1520. The van der Waals surface area contributed by atoms with Crippen LogP contribution in [0.25, 0.3) is 22.4 Å².